The van der Waals surface area contributed by atoms with Gasteiger partial charge in [-0.3, -0.25) is 20.0 Å². The van der Waals surface area contributed by atoms with Crippen molar-refractivity contribution in [1.29, 1.82) is 5.41 Å². The van der Waals surface area contributed by atoms with Crippen LogP contribution in [0.25, 0.3) is 0 Å². The van der Waals surface area contributed by atoms with Gasteiger partial charge in [0.25, 0.3) is 11.9 Å². The van der Waals surface area contributed by atoms with Crippen molar-refractivity contribution in [3.05, 3.63) is 46.7 Å². The molecule has 4 rings (SSSR count). The number of hydrogen-bond donors (Lipinski definition) is 2. The number of amides is 2. The first-order valence-electron chi connectivity index (χ1n) is 8.59. The lowest BCUT2D eigenvalue weighted by atomic mass is 10.2. The van der Waals surface area contributed by atoms with Crippen LogP contribution in [-0.4, -0.2) is 49.3 Å². The maximum Gasteiger partial charge on any atom is 0.416 e. The van der Waals surface area contributed by atoms with Crippen molar-refractivity contribution in [3.8, 4) is 0 Å². The number of hydrogen-bond acceptors (Lipinski definition) is 6. The zero-order valence-electron chi connectivity index (χ0n) is 14.6. The monoisotopic (exact) mass is 420 g/mol. The van der Waals surface area contributed by atoms with Gasteiger partial charge in [-0.25, -0.2) is 4.79 Å². The van der Waals surface area contributed by atoms with Crippen LogP contribution in [0.2, 0.25) is 0 Å². The number of carbonyl (C=O) groups is 2. The highest BCUT2D eigenvalue weighted by atomic mass is 35.5. The Bertz CT molecular complexity index is 890. The molecular formula is C18H17ClN4O4S. The first-order valence-corrected chi connectivity index (χ1v) is 9.91. The van der Waals surface area contributed by atoms with E-state index in [1.807, 2.05) is 5.38 Å². The fourth-order valence-corrected chi connectivity index (χ4v) is 4.01. The van der Waals surface area contributed by atoms with E-state index in [4.69, 9.17) is 26.5 Å². The molecule has 0 radical (unpaired) electrons. The van der Waals surface area contributed by atoms with Crippen molar-refractivity contribution in [2.75, 3.05) is 29.5 Å². The minimum absolute atomic E-state index is 0.102. The molecule has 1 unspecified atom stereocenters. The van der Waals surface area contributed by atoms with Crippen LogP contribution in [0, 0.1) is 5.41 Å². The quantitative estimate of drug-likeness (QED) is 0.573. The maximum atomic E-state index is 12.3. The second-order valence-electron chi connectivity index (χ2n) is 6.17. The van der Waals surface area contributed by atoms with Gasteiger partial charge < -0.3 is 14.8 Å². The van der Waals surface area contributed by atoms with E-state index in [9.17, 15) is 9.59 Å². The predicted molar refractivity (Wildman–Crippen MR) is 107 cm³/mol. The number of rotatable bonds is 5. The molecule has 1 aromatic heterocycles. The Labute approximate surface area is 170 Å². The number of cyclic esters (lactones) is 1. The van der Waals surface area contributed by atoms with Crippen molar-refractivity contribution in [2.24, 2.45) is 0 Å². The molecule has 2 aliphatic heterocycles. The molecule has 0 saturated carbocycles. The third kappa shape index (κ3) is 3.50. The number of nitrogens with one attached hydrogen (secondary N) is 2. The summed E-state index contributed by atoms with van der Waals surface area (Å²) < 4.78 is 10.5. The molecule has 10 heteroatoms. The van der Waals surface area contributed by atoms with Crippen LogP contribution in [0.15, 0.2) is 41.8 Å². The van der Waals surface area contributed by atoms with Gasteiger partial charge in [-0.1, -0.05) is 17.7 Å². The first kappa shape index (κ1) is 18.6. The van der Waals surface area contributed by atoms with Gasteiger partial charge in [-0.2, -0.15) is 0 Å². The summed E-state index contributed by atoms with van der Waals surface area (Å²) in [6.45, 7) is 1.20. The van der Waals surface area contributed by atoms with Gasteiger partial charge >= 0.3 is 6.09 Å². The number of nitrogens with zero attached hydrogens (tertiary/aromatic N) is 2. The van der Waals surface area contributed by atoms with E-state index in [0.717, 1.165) is 5.69 Å². The SMILES string of the molecule is N=C1OCCN1c1ccc(N2C(=O)O[C@@H](CNC(=O)c3cccs3)C2Cl)cc1. The molecule has 2 atom stereocenters. The van der Waals surface area contributed by atoms with Crippen molar-refractivity contribution >= 4 is 52.3 Å². The fraction of sp³-hybridized carbons (Fsp3) is 0.278. The van der Waals surface area contributed by atoms with E-state index in [-0.39, 0.29) is 18.5 Å². The van der Waals surface area contributed by atoms with E-state index < -0.39 is 17.7 Å². The van der Waals surface area contributed by atoms with Gasteiger partial charge in [0.15, 0.2) is 11.6 Å². The normalized spacial score (nSPS) is 21.6. The largest absolute Gasteiger partial charge is 0.463 e. The molecule has 0 bridgehead atoms. The third-order valence-electron chi connectivity index (χ3n) is 4.45. The number of amidine groups is 1. The standard InChI is InChI=1S/C18H17ClN4O4S/c19-15-13(10-21-16(24)14-2-1-9-28-14)27-18(25)23(15)12-5-3-11(4-6-12)22-7-8-26-17(22)20/h1-6,9,13,15,20H,7-8,10H2,(H,21,24)/t13-,15?/m0/s1. The number of alkyl halides is 1. The molecule has 1 aromatic carbocycles. The van der Waals surface area contributed by atoms with Crippen LogP contribution in [0.4, 0.5) is 16.2 Å². The van der Waals surface area contributed by atoms with Gasteiger partial charge in [0, 0.05) is 11.4 Å². The lowest BCUT2D eigenvalue weighted by Gasteiger charge is -2.20. The first-order chi connectivity index (χ1) is 13.5. The van der Waals surface area contributed by atoms with Crippen LogP contribution in [0.3, 0.4) is 0 Å². The summed E-state index contributed by atoms with van der Waals surface area (Å²) in [5.74, 6) is -0.229. The van der Waals surface area contributed by atoms with E-state index >= 15 is 0 Å². The minimum atomic E-state index is -0.754. The molecule has 0 spiro atoms. The highest BCUT2D eigenvalue weighted by Gasteiger charge is 2.41. The van der Waals surface area contributed by atoms with E-state index in [1.54, 1.807) is 41.3 Å². The molecule has 28 heavy (non-hydrogen) atoms. The van der Waals surface area contributed by atoms with Crippen LogP contribution in [0.1, 0.15) is 9.67 Å². The Morgan fingerprint density at radius 1 is 1.29 bits per heavy atom. The van der Waals surface area contributed by atoms with Crippen molar-refractivity contribution in [3.63, 3.8) is 0 Å². The minimum Gasteiger partial charge on any atom is -0.463 e. The number of benzene rings is 1. The lowest BCUT2D eigenvalue weighted by Crippen LogP contribution is -2.39. The molecule has 2 amide bonds. The molecule has 2 aliphatic rings. The van der Waals surface area contributed by atoms with Gasteiger partial charge in [0.1, 0.15) is 6.61 Å². The molecule has 8 nitrogen and oxygen atoms in total. The Morgan fingerprint density at radius 2 is 2.04 bits per heavy atom. The zero-order chi connectivity index (χ0) is 19.7. The smallest absolute Gasteiger partial charge is 0.416 e. The summed E-state index contributed by atoms with van der Waals surface area (Å²) in [6, 6.07) is 10.7. The van der Waals surface area contributed by atoms with Crippen molar-refractivity contribution < 1.29 is 19.1 Å². The molecule has 3 heterocycles. The lowest BCUT2D eigenvalue weighted by molar-refractivity contribution is 0.0916. The van der Waals surface area contributed by atoms with Gasteiger partial charge in [-0.05, 0) is 35.7 Å². The summed E-state index contributed by atoms with van der Waals surface area (Å²) in [4.78, 5) is 28.0. The second-order valence-corrected chi connectivity index (χ2v) is 7.57. The Kier molecular flexibility index (Phi) is 5.10. The molecular weight excluding hydrogens is 404 g/mol. The van der Waals surface area contributed by atoms with E-state index in [2.05, 4.69) is 5.32 Å². The van der Waals surface area contributed by atoms with Crippen molar-refractivity contribution in [1.82, 2.24) is 5.32 Å². The predicted octanol–water partition coefficient (Wildman–Crippen LogP) is 2.84. The average Bonchev–Trinajstić information content (AvgIpc) is 3.42. The summed E-state index contributed by atoms with van der Waals surface area (Å²) in [7, 11) is 0. The zero-order valence-corrected chi connectivity index (χ0v) is 16.2. The second kappa shape index (κ2) is 7.69. The van der Waals surface area contributed by atoms with Gasteiger partial charge in [0.05, 0.1) is 18.0 Å². The Hall–Kier alpha value is -2.78. The average molecular weight is 421 g/mol. The molecule has 2 saturated heterocycles. The molecule has 0 aliphatic carbocycles. The Morgan fingerprint density at radius 3 is 2.68 bits per heavy atom. The van der Waals surface area contributed by atoms with Gasteiger partial charge in [0.2, 0.25) is 0 Å². The number of carbonyl (C=O) groups excluding carboxylic acids is 2. The molecule has 146 valence electrons. The summed E-state index contributed by atoms with van der Waals surface area (Å²) in [5, 5.41) is 12.3. The van der Waals surface area contributed by atoms with Crippen LogP contribution >= 0.6 is 22.9 Å². The summed E-state index contributed by atoms with van der Waals surface area (Å²) >= 11 is 7.77. The highest BCUT2D eigenvalue weighted by molar-refractivity contribution is 7.12. The third-order valence-corrected chi connectivity index (χ3v) is 5.79. The fourth-order valence-electron chi connectivity index (χ4n) is 3.04. The maximum absolute atomic E-state index is 12.3. The van der Waals surface area contributed by atoms with Crippen LogP contribution in [0.5, 0.6) is 0 Å². The molecule has 2 fully saturated rings. The number of thiophene rings is 1. The van der Waals surface area contributed by atoms with Crippen LogP contribution in [-0.2, 0) is 9.47 Å². The summed E-state index contributed by atoms with van der Waals surface area (Å²) in [5.41, 5.74) is 0.618. The van der Waals surface area contributed by atoms with Gasteiger partial charge in [-0.15, -0.1) is 11.3 Å². The number of halogens is 1. The van der Waals surface area contributed by atoms with Crippen molar-refractivity contribution in [2.45, 2.75) is 11.6 Å². The molecule has 2 N–H and O–H groups in total. The number of anilines is 2. The Balaban J connectivity index is 1.41. The van der Waals surface area contributed by atoms with Crippen LogP contribution < -0.4 is 15.1 Å². The number of ether oxygens (including phenoxy) is 2. The highest BCUT2D eigenvalue weighted by Crippen LogP contribution is 2.31. The van der Waals surface area contributed by atoms with E-state index in [1.165, 1.54) is 16.2 Å². The summed E-state index contributed by atoms with van der Waals surface area (Å²) in [6.07, 6.45) is -1.24. The van der Waals surface area contributed by atoms with E-state index in [0.29, 0.717) is 23.7 Å². The topological polar surface area (TPSA) is 95.0 Å². The molecule has 2 aromatic rings.